The molecule has 0 radical (unpaired) electrons. The van der Waals surface area contributed by atoms with E-state index in [4.69, 9.17) is 15.2 Å². The van der Waals surface area contributed by atoms with Crippen molar-refractivity contribution in [3.05, 3.63) is 0 Å². The molecule has 0 aromatic carbocycles. The van der Waals surface area contributed by atoms with E-state index >= 15 is 0 Å². The lowest BCUT2D eigenvalue weighted by Gasteiger charge is -2.30. The monoisotopic (exact) mass is 258 g/mol. The van der Waals surface area contributed by atoms with E-state index in [1.807, 2.05) is 6.92 Å². The molecule has 5 heteroatoms. The van der Waals surface area contributed by atoms with Crippen molar-refractivity contribution in [1.29, 1.82) is 0 Å². The van der Waals surface area contributed by atoms with Gasteiger partial charge in [0.15, 0.2) is 0 Å². The van der Waals surface area contributed by atoms with Gasteiger partial charge in [0.05, 0.1) is 13.2 Å². The molecule has 0 atom stereocenters. The summed E-state index contributed by atoms with van der Waals surface area (Å²) in [6.07, 6.45) is 4.42. The molecule has 1 aliphatic rings. The van der Waals surface area contributed by atoms with Gasteiger partial charge in [-0.1, -0.05) is 0 Å². The van der Waals surface area contributed by atoms with Gasteiger partial charge in [-0.3, -0.25) is 0 Å². The third kappa shape index (κ3) is 6.21. The fraction of sp³-hybridized carbons (Fsp3) is 0.923. The van der Waals surface area contributed by atoms with Crippen LogP contribution in [0.5, 0.6) is 0 Å². The van der Waals surface area contributed by atoms with Crippen molar-refractivity contribution in [2.75, 3.05) is 39.5 Å². The van der Waals surface area contributed by atoms with E-state index in [1.165, 1.54) is 6.42 Å². The average molecular weight is 258 g/mol. The van der Waals surface area contributed by atoms with Crippen LogP contribution in [0.25, 0.3) is 0 Å². The summed E-state index contributed by atoms with van der Waals surface area (Å²) >= 11 is 0. The summed E-state index contributed by atoms with van der Waals surface area (Å²) in [6, 6.07) is -0.285. The molecule has 0 aromatic heterocycles. The van der Waals surface area contributed by atoms with Crippen molar-refractivity contribution in [2.24, 2.45) is 11.7 Å². The number of amides is 2. The fourth-order valence-electron chi connectivity index (χ4n) is 2.28. The minimum Gasteiger partial charge on any atom is -0.379 e. The van der Waals surface area contributed by atoms with Gasteiger partial charge < -0.3 is 20.1 Å². The predicted molar refractivity (Wildman–Crippen MR) is 70.4 cm³/mol. The van der Waals surface area contributed by atoms with Crippen molar-refractivity contribution >= 4 is 6.03 Å². The molecule has 0 saturated carbocycles. The summed E-state index contributed by atoms with van der Waals surface area (Å²) in [5.74, 6) is 0.719. The van der Waals surface area contributed by atoms with Gasteiger partial charge in [-0.05, 0) is 38.5 Å². The van der Waals surface area contributed by atoms with Gasteiger partial charge in [-0.15, -0.1) is 0 Å². The van der Waals surface area contributed by atoms with Crippen molar-refractivity contribution in [2.45, 2.75) is 32.6 Å². The summed E-state index contributed by atoms with van der Waals surface area (Å²) in [4.78, 5) is 12.7. The first-order valence-corrected chi connectivity index (χ1v) is 6.94. The first-order valence-electron chi connectivity index (χ1n) is 6.94. The van der Waals surface area contributed by atoms with Gasteiger partial charge >= 0.3 is 6.03 Å². The number of rotatable bonds is 8. The molecule has 0 aliphatic carbocycles. The highest BCUT2D eigenvalue weighted by Gasteiger charge is 2.20. The Balaban J connectivity index is 1.93. The maximum atomic E-state index is 11.0. The zero-order chi connectivity index (χ0) is 13.2. The van der Waals surface area contributed by atoms with E-state index < -0.39 is 0 Å². The number of hydrogen-bond acceptors (Lipinski definition) is 3. The molecule has 18 heavy (non-hydrogen) atoms. The zero-order valence-electron chi connectivity index (χ0n) is 11.4. The van der Waals surface area contributed by atoms with Crippen LogP contribution in [0.4, 0.5) is 4.79 Å². The molecular weight excluding hydrogens is 232 g/mol. The Kier molecular flexibility index (Phi) is 7.76. The number of ether oxygens (including phenoxy) is 2. The third-order valence-electron chi connectivity index (χ3n) is 3.40. The van der Waals surface area contributed by atoms with E-state index in [1.54, 1.807) is 4.90 Å². The molecule has 1 saturated heterocycles. The number of carbonyl (C=O) groups is 1. The Labute approximate surface area is 110 Å². The molecule has 0 unspecified atom stereocenters. The molecule has 1 rings (SSSR count). The molecule has 2 N–H and O–H groups in total. The van der Waals surface area contributed by atoms with Gasteiger partial charge in [0, 0.05) is 26.3 Å². The number of likely N-dealkylation sites (tertiary alicyclic amines) is 1. The standard InChI is InChI=1S/C13H26N2O3/c1-2-17-10-11-18-9-3-4-12-5-7-15(8-6-12)13(14)16/h12H,2-11H2,1H3,(H2,14,16). The maximum Gasteiger partial charge on any atom is 0.314 e. The molecule has 106 valence electrons. The highest BCUT2D eigenvalue weighted by molar-refractivity contribution is 5.72. The predicted octanol–water partition coefficient (Wildman–Crippen LogP) is 1.61. The van der Waals surface area contributed by atoms with Crippen molar-refractivity contribution in [3.63, 3.8) is 0 Å². The molecule has 0 bridgehead atoms. The highest BCUT2D eigenvalue weighted by atomic mass is 16.5. The van der Waals surface area contributed by atoms with E-state index in [2.05, 4.69) is 0 Å². The minimum atomic E-state index is -0.285. The average Bonchev–Trinajstić information content (AvgIpc) is 2.38. The lowest BCUT2D eigenvalue weighted by molar-refractivity contribution is 0.0493. The summed E-state index contributed by atoms with van der Waals surface area (Å²) in [5, 5.41) is 0. The second-order valence-electron chi connectivity index (χ2n) is 4.72. The Morgan fingerprint density at radius 3 is 2.50 bits per heavy atom. The van der Waals surface area contributed by atoms with Crippen LogP contribution in [0.15, 0.2) is 0 Å². The Morgan fingerprint density at radius 2 is 1.89 bits per heavy atom. The SMILES string of the molecule is CCOCCOCCCC1CCN(C(N)=O)CC1. The van der Waals surface area contributed by atoms with Crippen LogP contribution in [-0.2, 0) is 9.47 Å². The van der Waals surface area contributed by atoms with Crippen molar-refractivity contribution in [3.8, 4) is 0 Å². The second-order valence-corrected chi connectivity index (χ2v) is 4.72. The molecule has 0 spiro atoms. The summed E-state index contributed by atoms with van der Waals surface area (Å²) in [5.41, 5.74) is 5.25. The van der Waals surface area contributed by atoms with Crippen molar-refractivity contribution < 1.29 is 14.3 Å². The molecular formula is C13H26N2O3. The van der Waals surface area contributed by atoms with Crippen LogP contribution >= 0.6 is 0 Å². The van der Waals surface area contributed by atoms with Gasteiger partial charge in [0.25, 0.3) is 0 Å². The first kappa shape index (κ1) is 15.2. The summed E-state index contributed by atoms with van der Waals surface area (Å²) < 4.78 is 10.7. The topological polar surface area (TPSA) is 64.8 Å². The van der Waals surface area contributed by atoms with Crippen LogP contribution in [0.2, 0.25) is 0 Å². The van der Waals surface area contributed by atoms with Gasteiger partial charge in [0.2, 0.25) is 0 Å². The van der Waals surface area contributed by atoms with E-state index in [0.717, 1.165) is 51.5 Å². The first-order chi connectivity index (χ1) is 8.74. The summed E-state index contributed by atoms with van der Waals surface area (Å²) in [7, 11) is 0. The maximum absolute atomic E-state index is 11.0. The Bertz CT molecular complexity index is 228. The van der Waals surface area contributed by atoms with E-state index in [0.29, 0.717) is 13.2 Å². The van der Waals surface area contributed by atoms with Crippen molar-refractivity contribution in [1.82, 2.24) is 4.90 Å². The normalized spacial score (nSPS) is 17.1. The van der Waals surface area contributed by atoms with E-state index in [9.17, 15) is 4.79 Å². The Hall–Kier alpha value is -0.810. The molecule has 2 amide bonds. The number of urea groups is 1. The quantitative estimate of drug-likeness (QED) is 0.673. The van der Waals surface area contributed by atoms with E-state index in [-0.39, 0.29) is 6.03 Å². The Morgan fingerprint density at radius 1 is 1.22 bits per heavy atom. The lowest BCUT2D eigenvalue weighted by atomic mass is 9.92. The smallest absolute Gasteiger partial charge is 0.314 e. The van der Waals surface area contributed by atoms with Crippen LogP contribution in [0.1, 0.15) is 32.6 Å². The number of nitrogens with zero attached hydrogens (tertiary/aromatic N) is 1. The molecule has 0 aromatic rings. The molecule has 1 aliphatic heterocycles. The van der Waals surface area contributed by atoms with Crippen LogP contribution in [0, 0.1) is 5.92 Å². The fourth-order valence-corrected chi connectivity index (χ4v) is 2.28. The molecule has 1 fully saturated rings. The lowest BCUT2D eigenvalue weighted by Crippen LogP contribution is -2.41. The van der Waals surface area contributed by atoms with Gasteiger partial charge in [0.1, 0.15) is 0 Å². The molecule has 5 nitrogen and oxygen atoms in total. The van der Waals surface area contributed by atoms with Gasteiger partial charge in [-0.2, -0.15) is 0 Å². The van der Waals surface area contributed by atoms with Crippen LogP contribution in [0.3, 0.4) is 0 Å². The van der Waals surface area contributed by atoms with Gasteiger partial charge in [-0.25, -0.2) is 4.79 Å². The van der Waals surface area contributed by atoms with Crippen LogP contribution < -0.4 is 5.73 Å². The zero-order valence-corrected chi connectivity index (χ0v) is 11.4. The number of hydrogen-bond donors (Lipinski definition) is 1. The number of piperidine rings is 1. The largest absolute Gasteiger partial charge is 0.379 e. The summed E-state index contributed by atoms with van der Waals surface area (Å²) in [6.45, 7) is 6.54. The molecule has 1 heterocycles. The minimum absolute atomic E-state index is 0.285. The third-order valence-corrected chi connectivity index (χ3v) is 3.40. The number of carbonyl (C=O) groups excluding carboxylic acids is 1. The number of primary amides is 1. The second kappa shape index (κ2) is 9.16. The number of nitrogens with two attached hydrogens (primary N) is 1. The highest BCUT2D eigenvalue weighted by Crippen LogP contribution is 2.21. The van der Waals surface area contributed by atoms with Crippen LogP contribution in [-0.4, -0.2) is 50.4 Å².